The predicted molar refractivity (Wildman–Crippen MR) is 126 cm³/mol. The van der Waals surface area contributed by atoms with Gasteiger partial charge in [0.25, 0.3) is 0 Å². The van der Waals surface area contributed by atoms with Gasteiger partial charge in [0, 0.05) is 44.1 Å². The van der Waals surface area contributed by atoms with Crippen molar-refractivity contribution in [1.29, 1.82) is 5.26 Å². The molecule has 2 amide bonds. The summed E-state index contributed by atoms with van der Waals surface area (Å²) < 4.78 is 1.94. The molecule has 11 nitrogen and oxygen atoms in total. The lowest BCUT2D eigenvalue weighted by molar-refractivity contribution is -0.135. The minimum Gasteiger partial charge on any atom is -0.354 e. The number of rotatable bonds is 3. The highest BCUT2D eigenvalue weighted by Crippen LogP contribution is 2.36. The van der Waals surface area contributed by atoms with E-state index in [9.17, 15) is 9.59 Å². The van der Waals surface area contributed by atoms with Gasteiger partial charge < -0.3 is 20.5 Å². The second kappa shape index (κ2) is 8.47. The third-order valence-electron chi connectivity index (χ3n) is 6.35. The Morgan fingerprint density at radius 3 is 2.76 bits per heavy atom. The Morgan fingerprint density at radius 2 is 2.03 bits per heavy atom. The van der Waals surface area contributed by atoms with Crippen molar-refractivity contribution in [3.63, 3.8) is 0 Å². The van der Waals surface area contributed by atoms with Gasteiger partial charge in [-0.05, 0) is 30.5 Å². The summed E-state index contributed by atoms with van der Waals surface area (Å²) >= 11 is 0. The molecule has 0 radical (unpaired) electrons. The number of hydrogen-bond acceptors (Lipinski definition) is 7. The smallest absolute Gasteiger partial charge is 0.314 e. The van der Waals surface area contributed by atoms with Gasteiger partial charge in [-0.3, -0.25) is 14.3 Å². The second-order valence-corrected chi connectivity index (χ2v) is 8.38. The van der Waals surface area contributed by atoms with Gasteiger partial charge in [0.1, 0.15) is 17.5 Å². The minimum atomic E-state index is -0.789. The molecule has 11 heteroatoms. The van der Waals surface area contributed by atoms with Crippen LogP contribution in [0, 0.1) is 17.2 Å². The normalized spacial score (nSPS) is 18.1. The Labute approximate surface area is 194 Å². The van der Waals surface area contributed by atoms with Crippen molar-refractivity contribution in [2.45, 2.75) is 19.4 Å². The minimum absolute atomic E-state index is 0.0279. The van der Waals surface area contributed by atoms with Crippen LogP contribution in [0.5, 0.6) is 0 Å². The Bertz CT molecular complexity index is 1430. The third-order valence-corrected chi connectivity index (χ3v) is 6.35. The average Bonchev–Trinajstić information content (AvgIpc) is 3.48. The van der Waals surface area contributed by atoms with Crippen molar-refractivity contribution in [1.82, 2.24) is 30.0 Å². The van der Waals surface area contributed by atoms with Gasteiger partial charge in [0.2, 0.25) is 0 Å². The molecule has 0 saturated carbocycles. The van der Waals surface area contributed by atoms with Crippen LogP contribution in [0.4, 0.5) is 11.6 Å². The fourth-order valence-corrected chi connectivity index (χ4v) is 4.45. The van der Waals surface area contributed by atoms with Gasteiger partial charge in [-0.25, -0.2) is 9.97 Å². The molecular weight excluding hydrogens is 434 g/mol. The van der Waals surface area contributed by atoms with E-state index in [1.807, 2.05) is 23.0 Å². The molecule has 0 unspecified atom stereocenters. The Balaban J connectivity index is 1.58. The number of nitrogens with zero attached hydrogens (tertiary/aromatic N) is 6. The molecular formula is C23H23N9O2. The van der Waals surface area contributed by atoms with Crippen molar-refractivity contribution in [2.75, 3.05) is 30.4 Å². The molecule has 1 fully saturated rings. The van der Waals surface area contributed by atoms with Crippen LogP contribution in [-0.4, -0.2) is 56.7 Å². The fraction of sp³-hybridized carbons (Fsp3) is 0.304. The van der Waals surface area contributed by atoms with Gasteiger partial charge in [0.05, 0.1) is 22.5 Å². The van der Waals surface area contributed by atoms with E-state index in [0.29, 0.717) is 34.9 Å². The maximum atomic E-state index is 12.3. The monoisotopic (exact) mass is 457 g/mol. The number of carbonyl (C=O) groups excluding carboxylic acids is 2. The van der Waals surface area contributed by atoms with Crippen molar-refractivity contribution < 1.29 is 9.59 Å². The Hall–Kier alpha value is -4.46. The SMILES string of the molecule is CNC(=O)C(=O)Nc1nn([C@H]2CN(c3ccc(C#N)cn3)CC[C@H]2C)c2c1cnc1[nH]ccc12. The third kappa shape index (κ3) is 3.59. The molecule has 172 valence electrons. The first-order valence-electron chi connectivity index (χ1n) is 11.0. The second-order valence-electron chi connectivity index (χ2n) is 8.38. The molecule has 0 bridgehead atoms. The number of nitriles is 1. The van der Waals surface area contributed by atoms with E-state index in [1.165, 1.54) is 7.05 Å². The first kappa shape index (κ1) is 21.4. The number of aromatic nitrogens is 5. The van der Waals surface area contributed by atoms with Gasteiger partial charge in [-0.15, -0.1) is 0 Å². The molecule has 4 aromatic heterocycles. The van der Waals surface area contributed by atoms with E-state index in [0.717, 1.165) is 29.7 Å². The number of H-pyrrole nitrogens is 1. The van der Waals surface area contributed by atoms with Crippen LogP contribution < -0.4 is 15.5 Å². The van der Waals surface area contributed by atoms with E-state index in [-0.39, 0.29) is 6.04 Å². The first-order chi connectivity index (χ1) is 16.5. The molecule has 2 atom stereocenters. The zero-order valence-electron chi connectivity index (χ0n) is 18.7. The van der Waals surface area contributed by atoms with E-state index in [4.69, 9.17) is 10.4 Å². The van der Waals surface area contributed by atoms with Crippen molar-refractivity contribution in [3.8, 4) is 6.07 Å². The lowest BCUT2D eigenvalue weighted by Crippen LogP contribution is -2.41. The summed E-state index contributed by atoms with van der Waals surface area (Å²) in [7, 11) is 1.40. The van der Waals surface area contributed by atoms with Crippen LogP contribution in [-0.2, 0) is 9.59 Å². The van der Waals surface area contributed by atoms with Crippen LogP contribution in [0.25, 0.3) is 21.9 Å². The highest BCUT2D eigenvalue weighted by molar-refractivity contribution is 6.40. The van der Waals surface area contributed by atoms with E-state index in [2.05, 4.69) is 43.5 Å². The Morgan fingerprint density at radius 1 is 1.18 bits per heavy atom. The number of likely N-dealkylation sites (N-methyl/N-ethyl adjacent to an activating group) is 1. The fourth-order valence-electron chi connectivity index (χ4n) is 4.45. The maximum Gasteiger partial charge on any atom is 0.314 e. The van der Waals surface area contributed by atoms with Gasteiger partial charge in [0.15, 0.2) is 5.82 Å². The zero-order chi connectivity index (χ0) is 23.8. The number of aromatic amines is 1. The highest BCUT2D eigenvalue weighted by Gasteiger charge is 2.32. The summed E-state index contributed by atoms with van der Waals surface area (Å²) in [4.78, 5) is 38.3. The van der Waals surface area contributed by atoms with Crippen LogP contribution in [0.15, 0.2) is 36.8 Å². The number of nitrogens with one attached hydrogen (secondary N) is 3. The van der Waals surface area contributed by atoms with Crippen LogP contribution in [0.3, 0.4) is 0 Å². The maximum absolute atomic E-state index is 12.3. The van der Waals surface area contributed by atoms with Gasteiger partial charge >= 0.3 is 11.8 Å². The molecule has 5 heterocycles. The van der Waals surface area contributed by atoms with Crippen molar-refractivity contribution in [3.05, 3.63) is 42.4 Å². The molecule has 0 aromatic carbocycles. The standard InChI is InChI=1S/C23H23N9O2/c1-13-6-8-31(18-4-3-14(9-24)10-27-18)12-17(13)32-19-15-5-7-26-20(15)28-11-16(19)21(30-32)29-23(34)22(33)25-2/h3-5,7,10-11,13,17H,6,8,12H2,1-2H3,(H,25,33)(H,26,28)(H,29,30,34)/t13-,17+/m1/s1. The van der Waals surface area contributed by atoms with E-state index < -0.39 is 11.8 Å². The molecule has 3 N–H and O–H groups in total. The van der Waals surface area contributed by atoms with E-state index in [1.54, 1.807) is 18.5 Å². The molecule has 4 aromatic rings. The summed E-state index contributed by atoms with van der Waals surface area (Å²) in [5.41, 5.74) is 2.07. The van der Waals surface area contributed by atoms with Gasteiger partial charge in [-0.1, -0.05) is 6.92 Å². The summed E-state index contributed by atoms with van der Waals surface area (Å²) in [6.45, 7) is 3.66. The molecule has 1 aliphatic rings. The van der Waals surface area contributed by atoms with Crippen LogP contribution in [0.2, 0.25) is 0 Å². The Kier molecular flexibility index (Phi) is 5.33. The number of fused-ring (bicyclic) bond motifs is 3. The topological polar surface area (TPSA) is 145 Å². The summed E-state index contributed by atoms with van der Waals surface area (Å²) in [6.07, 6.45) is 5.96. The molecule has 5 rings (SSSR count). The number of piperidine rings is 1. The summed E-state index contributed by atoms with van der Waals surface area (Å²) in [5.74, 6) is -0.151. The van der Waals surface area contributed by atoms with Gasteiger partial charge in [-0.2, -0.15) is 10.4 Å². The van der Waals surface area contributed by atoms with Crippen molar-refractivity contribution >= 4 is 45.4 Å². The lowest BCUT2D eigenvalue weighted by Gasteiger charge is -2.38. The molecule has 34 heavy (non-hydrogen) atoms. The number of hydrogen-bond donors (Lipinski definition) is 3. The van der Waals surface area contributed by atoms with Crippen LogP contribution >= 0.6 is 0 Å². The first-order valence-corrected chi connectivity index (χ1v) is 11.0. The molecule has 1 saturated heterocycles. The summed E-state index contributed by atoms with van der Waals surface area (Å²) in [5, 5.41) is 20.3. The quantitative estimate of drug-likeness (QED) is 0.399. The molecule has 1 aliphatic heterocycles. The van der Waals surface area contributed by atoms with Crippen molar-refractivity contribution in [2.24, 2.45) is 5.92 Å². The van der Waals surface area contributed by atoms with E-state index >= 15 is 0 Å². The average molecular weight is 457 g/mol. The molecule has 0 spiro atoms. The zero-order valence-corrected chi connectivity index (χ0v) is 18.7. The largest absolute Gasteiger partial charge is 0.354 e. The number of anilines is 2. The summed E-state index contributed by atoms with van der Waals surface area (Å²) in [6, 6.07) is 7.62. The predicted octanol–water partition coefficient (Wildman–Crippen LogP) is 1.95. The number of pyridine rings is 2. The molecule has 0 aliphatic carbocycles. The highest BCUT2D eigenvalue weighted by atomic mass is 16.2. The lowest BCUT2D eigenvalue weighted by atomic mass is 9.93. The number of amides is 2. The van der Waals surface area contributed by atoms with Crippen LogP contribution in [0.1, 0.15) is 24.9 Å². The number of carbonyl (C=O) groups is 2.